The minimum atomic E-state index is 0.00555. The summed E-state index contributed by atoms with van der Waals surface area (Å²) in [4.78, 5) is 13.2. The Labute approximate surface area is 94.3 Å². The van der Waals surface area contributed by atoms with E-state index >= 15 is 0 Å². The number of carbonyl (C=O) groups is 1. The van der Waals surface area contributed by atoms with E-state index in [0.717, 1.165) is 11.3 Å². The molecule has 3 heteroatoms. The molecule has 0 saturated heterocycles. The summed E-state index contributed by atoms with van der Waals surface area (Å²) in [6.07, 6.45) is 1.63. The molecular weight excluding hydrogens is 202 g/mol. The van der Waals surface area contributed by atoms with Crippen LogP contribution in [0.15, 0.2) is 47.1 Å². The summed E-state index contributed by atoms with van der Waals surface area (Å²) < 4.78 is 5.27. The third kappa shape index (κ3) is 1.98. The Morgan fingerprint density at radius 3 is 2.31 bits per heavy atom. The Hall–Kier alpha value is -2.03. The number of hydrogen-bond donors (Lipinski definition) is 0. The molecule has 0 aliphatic carbocycles. The molecular formula is C13H13NO2. The highest BCUT2D eigenvalue weighted by molar-refractivity contribution is 5.94. The third-order valence-electron chi connectivity index (χ3n) is 2.34. The summed E-state index contributed by atoms with van der Waals surface area (Å²) in [6.45, 7) is 0. The fourth-order valence-corrected chi connectivity index (χ4v) is 1.48. The van der Waals surface area contributed by atoms with E-state index in [9.17, 15) is 4.79 Å². The Morgan fingerprint density at radius 2 is 1.81 bits per heavy atom. The van der Waals surface area contributed by atoms with Crippen molar-refractivity contribution in [3.8, 4) is 11.3 Å². The van der Waals surface area contributed by atoms with Crippen LogP contribution < -0.4 is 0 Å². The molecule has 0 aliphatic rings. The normalized spacial score (nSPS) is 10.1. The van der Waals surface area contributed by atoms with Gasteiger partial charge in [0.15, 0.2) is 0 Å². The molecule has 1 aromatic carbocycles. The van der Waals surface area contributed by atoms with Crippen LogP contribution >= 0.6 is 0 Å². The SMILES string of the molecule is CN(C)C(=O)c1ccc(-c2ccco2)cc1. The van der Waals surface area contributed by atoms with Crippen LogP contribution in [-0.4, -0.2) is 24.9 Å². The van der Waals surface area contributed by atoms with Gasteiger partial charge in [0.05, 0.1) is 6.26 Å². The van der Waals surface area contributed by atoms with Crippen molar-refractivity contribution >= 4 is 5.91 Å². The Morgan fingerprint density at radius 1 is 1.12 bits per heavy atom. The molecule has 0 N–H and O–H groups in total. The first-order valence-corrected chi connectivity index (χ1v) is 5.04. The van der Waals surface area contributed by atoms with Crippen LogP contribution in [0.1, 0.15) is 10.4 Å². The van der Waals surface area contributed by atoms with E-state index in [-0.39, 0.29) is 5.91 Å². The lowest BCUT2D eigenvalue weighted by Gasteiger charge is -2.10. The molecule has 0 atom stereocenters. The second-order valence-corrected chi connectivity index (χ2v) is 3.75. The van der Waals surface area contributed by atoms with Gasteiger partial charge in [0.2, 0.25) is 0 Å². The summed E-state index contributed by atoms with van der Waals surface area (Å²) in [6, 6.07) is 11.1. The van der Waals surface area contributed by atoms with Crippen molar-refractivity contribution in [2.75, 3.05) is 14.1 Å². The van der Waals surface area contributed by atoms with Gasteiger partial charge in [-0.15, -0.1) is 0 Å². The molecule has 2 aromatic rings. The van der Waals surface area contributed by atoms with E-state index in [1.807, 2.05) is 24.3 Å². The van der Waals surface area contributed by atoms with Gasteiger partial charge in [-0.2, -0.15) is 0 Å². The van der Waals surface area contributed by atoms with Crippen molar-refractivity contribution in [1.82, 2.24) is 4.90 Å². The predicted octanol–water partition coefficient (Wildman–Crippen LogP) is 2.65. The maximum Gasteiger partial charge on any atom is 0.253 e. The first kappa shape index (κ1) is 10.5. The fourth-order valence-electron chi connectivity index (χ4n) is 1.48. The van der Waals surface area contributed by atoms with Crippen LogP contribution in [-0.2, 0) is 0 Å². The smallest absolute Gasteiger partial charge is 0.253 e. The number of carbonyl (C=O) groups excluding carboxylic acids is 1. The van der Waals surface area contributed by atoms with Gasteiger partial charge in [-0.25, -0.2) is 0 Å². The van der Waals surface area contributed by atoms with Crippen LogP contribution in [0.25, 0.3) is 11.3 Å². The Kier molecular flexibility index (Phi) is 2.77. The van der Waals surface area contributed by atoms with E-state index < -0.39 is 0 Å². The van der Waals surface area contributed by atoms with Gasteiger partial charge in [0, 0.05) is 25.2 Å². The number of hydrogen-bond acceptors (Lipinski definition) is 2. The molecule has 1 aromatic heterocycles. The van der Waals surface area contributed by atoms with E-state index in [4.69, 9.17) is 4.42 Å². The van der Waals surface area contributed by atoms with Crippen molar-refractivity contribution in [1.29, 1.82) is 0 Å². The zero-order valence-electron chi connectivity index (χ0n) is 9.31. The van der Waals surface area contributed by atoms with Crippen molar-refractivity contribution in [2.45, 2.75) is 0 Å². The molecule has 2 rings (SSSR count). The van der Waals surface area contributed by atoms with Gasteiger partial charge in [-0.05, 0) is 24.3 Å². The molecule has 0 unspecified atom stereocenters. The minimum absolute atomic E-state index is 0.00555. The zero-order chi connectivity index (χ0) is 11.5. The van der Waals surface area contributed by atoms with E-state index in [1.165, 1.54) is 0 Å². The number of furan rings is 1. The topological polar surface area (TPSA) is 33.5 Å². The van der Waals surface area contributed by atoms with Gasteiger partial charge in [0.25, 0.3) is 5.91 Å². The van der Waals surface area contributed by atoms with Gasteiger partial charge in [-0.1, -0.05) is 12.1 Å². The van der Waals surface area contributed by atoms with Crippen molar-refractivity contribution in [2.24, 2.45) is 0 Å². The molecule has 0 aliphatic heterocycles. The summed E-state index contributed by atoms with van der Waals surface area (Å²) in [5, 5.41) is 0. The average Bonchev–Trinajstić information content (AvgIpc) is 2.81. The van der Waals surface area contributed by atoms with Gasteiger partial charge < -0.3 is 9.32 Å². The molecule has 0 spiro atoms. The van der Waals surface area contributed by atoms with Crippen LogP contribution in [0.3, 0.4) is 0 Å². The highest BCUT2D eigenvalue weighted by Crippen LogP contribution is 2.20. The lowest BCUT2D eigenvalue weighted by Crippen LogP contribution is -2.21. The van der Waals surface area contributed by atoms with Crippen LogP contribution in [0.5, 0.6) is 0 Å². The van der Waals surface area contributed by atoms with Crippen molar-refractivity contribution in [3.63, 3.8) is 0 Å². The molecule has 3 nitrogen and oxygen atoms in total. The van der Waals surface area contributed by atoms with E-state index in [0.29, 0.717) is 5.56 Å². The maximum atomic E-state index is 11.6. The quantitative estimate of drug-likeness (QED) is 0.771. The molecule has 82 valence electrons. The highest BCUT2D eigenvalue weighted by atomic mass is 16.3. The maximum absolute atomic E-state index is 11.6. The third-order valence-corrected chi connectivity index (χ3v) is 2.34. The zero-order valence-corrected chi connectivity index (χ0v) is 9.31. The van der Waals surface area contributed by atoms with Gasteiger partial charge >= 0.3 is 0 Å². The highest BCUT2D eigenvalue weighted by Gasteiger charge is 2.08. The van der Waals surface area contributed by atoms with Gasteiger partial charge in [-0.3, -0.25) is 4.79 Å². The monoisotopic (exact) mass is 215 g/mol. The average molecular weight is 215 g/mol. The van der Waals surface area contributed by atoms with Crippen molar-refractivity contribution < 1.29 is 9.21 Å². The number of amides is 1. The first-order chi connectivity index (χ1) is 7.68. The molecule has 0 fully saturated rings. The van der Waals surface area contributed by atoms with Crippen LogP contribution in [0, 0.1) is 0 Å². The number of nitrogens with zero attached hydrogens (tertiary/aromatic N) is 1. The van der Waals surface area contributed by atoms with Gasteiger partial charge in [0.1, 0.15) is 5.76 Å². The van der Waals surface area contributed by atoms with E-state index in [1.54, 1.807) is 37.4 Å². The summed E-state index contributed by atoms with van der Waals surface area (Å²) >= 11 is 0. The molecule has 1 heterocycles. The largest absolute Gasteiger partial charge is 0.464 e. The molecule has 1 amide bonds. The number of rotatable bonds is 2. The fraction of sp³-hybridized carbons (Fsp3) is 0.154. The van der Waals surface area contributed by atoms with E-state index in [2.05, 4.69) is 0 Å². The number of benzene rings is 1. The summed E-state index contributed by atoms with van der Waals surface area (Å²) in [5.41, 5.74) is 1.65. The van der Waals surface area contributed by atoms with Crippen LogP contribution in [0.2, 0.25) is 0 Å². The second kappa shape index (κ2) is 4.23. The standard InChI is InChI=1S/C13H13NO2/c1-14(2)13(15)11-7-5-10(6-8-11)12-4-3-9-16-12/h3-9H,1-2H3. The predicted molar refractivity (Wildman–Crippen MR) is 62.2 cm³/mol. The van der Waals surface area contributed by atoms with Crippen molar-refractivity contribution in [3.05, 3.63) is 48.2 Å². The Bertz CT molecular complexity index is 469. The molecule has 0 radical (unpaired) electrons. The van der Waals surface area contributed by atoms with Crippen LogP contribution in [0.4, 0.5) is 0 Å². The summed E-state index contributed by atoms with van der Waals surface area (Å²) in [5.74, 6) is 0.815. The second-order valence-electron chi connectivity index (χ2n) is 3.75. The first-order valence-electron chi connectivity index (χ1n) is 5.04. The molecule has 0 bridgehead atoms. The molecule has 16 heavy (non-hydrogen) atoms. The summed E-state index contributed by atoms with van der Waals surface area (Å²) in [7, 11) is 3.48. The lowest BCUT2D eigenvalue weighted by molar-refractivity contribution is 0.0827. The molecule has 0 saturated carbocycles. The minimum Gasteiger partial charge on any atom is -0.464 e. The lowest BCUT2D eigenvalue weighted by atomic mass is 10.1. The Balaban J connectivity index is 2.27.